The van der Waals surface area contributed by atoms with Crippen LogP contribution >= 0.6 is 23.2 Å². The van der Waals surface area contributed by atoms with Crippen LogP contribution in [-0.4, -0.2) is 20.8 Å². The van der Waals surface area contributed by atoms with Crippen LogP contribution in [0.5, 0.6) is 0 Å². The van der Waals surface area contributed by atoms with Gasteiger partial charge in [0.15, 0.2) is 0 Å². The lowest BCUT2D eigenvalue weighted by molar-refractivity contribution is -0.207. The van der Waals surface area contributed by atoms with Crippen LogP contribution in [0.1, 0.15) is 5.56 Å². The highest BCUT2D eigenvalue weighted by molar-refractivity contribution is 6.35. The molecule has 3 nitrogen and oxygen atoms in total. The van der Waals surface area contributed by atoms with Gasteiger partial charge in [0.25, 0.3) is 0 Å². The molecule has 0 aromatic heterocycles. The lowest BCUT2D eigenvalue weighted by Gasteiger charge is -2.30. The largest absolute Gasteiger partial charge is 0.348 e. The van der Waals surface area contributed by atoms with Crippen LogP contribution in [0, 0.1) is 0 Å². The molecule has 1 rings (SSSR count). The molecule has 5 heteroatoms. The summed E-state index contributed by atoms with van der Waals surface area (Å²) in [6.45, 7) is 0.168. The van der Waals surface area contributed by atoms with E-state index < -0.39 is 5.79 Å². The second-order valence-electron chi connectivity index (χ2n) is 2.99. The first-order chi connectivity index (χ1) is 7.09. The van der Waals surface area contributed by atoms with Gasteiger partial charge in [0, 0.05) is 24.8 Å². The quantitative estimate of drug-likeness (QED) is 0.834. The molecule has 0 aliphatic rings. The molecule has 2 N–H and O–H groups in total. The topological polar surface area (TPSA) is 44.5 Å². The Hall–Kier alpha value is -0.320. The Labute approximate surface area is 99.1 Å². The number of hydrogen-bond acceptors (Lipinski definition) is 3. The van der Waals surface area contributed by atoms with Gasteiger partial charge in [-0.2, -0.15) is 0 Å². The third kappa shape index (κ3) is 2.44. The minimum Gasteiger partial charge on any atom is -0.348 e. The number of benzene rings is 1. The molecule has 0 amide bonds. The normalized spacial score (nSPS) is 11.8. The SMILES string of the molecule is COC(CN)(OC)c1ccc(Cl)cc1Cl. The molecule has 0 aliphatic carbocycles. The van der Waals surface area contributed by atoms with Crippen LogP contribution in [0.15, 0.2) is 18.2 Å². The minimum atomic E-state index is -1.01. The Morgan fingerprint density at radius 2 is 1.87 bits per heavy atom. The fraction of sp³-hybridized carbons (Fsp3) is 0.400. The fourth-order valence-electron chi connectivity index (χ4n) is 1.38. The van der Waals surface area contributed by atoms with Gasteiger partial charge in [-0.15, -0.1) is 0 Å². The van der Waals surface area contributed by atoms with Gasteiger partial charge in [0.1, 0.15) is 0 Å². The molecule has 0 saturated heterocycles. The zero-order chi connectivity index (χ0) is 11.5. The summed E-state index contributed by atoms with van der Waals surface area (Å²) < 4.78 is 10.5. The Kier molecular flexibility index (Phi) is 4.37. The van der Waals surface area contributed by atoms with Crippen LogP contribution in [0.2, 0.25) is 10.0 Å². The number of ether oxygens (including phenoxy) is 2. The molecule has 1 aromatic rings. The summed E-state index contributed by atoms with van der Waals surface area (Å²) in [5.74, 6) is -1.01. The molecule has 0 radical (unpaired) electrons. The Morgan fingerprint density at radius 1 is 1.27 bits per heavy atom. The van der Waals surface area contributed by atoms with Gasteiger partial charge in [-0.1, -0.05) is 29.3 Å². The van der Waals surface area contributed by atoms with Gasteiger partial charge >= 0.3 is 0 Å². The van der Waals surface area contributed by atoms with Crippen LogP contribution in [0.4, 0.5) is 0 Å². The third-order valence-electron chi connectivity index (χ3n) is 2.27. The molecule has 0 aliphatic heterocycles. The summed E-state index contributed by atoms with van der Waals surface area (Å²) in [6.07, 6.45) is 0. The summed E-state index contributed by atoms with van der Waals surface area (Å²) in [5, 5.41) is 1.03. The standard InChI is InChI=1S/C10H13Cl2NO2/c1-14-10(6-13,15-2)8-4-3-7(11)5-9(8)12/h3-5H,6,13H2,1-2H3. The molecule has 0 bridgehead atoms. The molecule has 0 spiro atoms. The van der Waals surface area contributed by atoms with Gasteiger partial charge in [-0.05, 0) is 12.1 Å². The van der Waals surface area contributed by atoms with E-state index in [2.05, 4.69) is 0 Å². The summed E-state index contributed by atoms with van der Waals surface area (Å²) in [5.41, 5.74) is 6.29. The van der Waals surface area contributed by atoms with Crippen molar-refractivity contribution in [2.75, 3.05) is 20.8 Å². The van der Waals surface area contributed by atoms with Crippen LogP contribution in [0.25, 0.3) is 0 Å². The molecule has 15 heavy (non-hydrogen) atoms. The van der Waals surface area contributed by atoms with Gasteiger partial charge in [0.2, 0.25) is 5.79 Å². The molecule has 0 unspecified atom stereocenters. The van der Waals surface area contributed by atoms with Crippen molar-refractivity contribution < 1.29 is 9.47 Å². The number of nitrogens with two attached hydrogens (primary N) is 1. The highest BCUT2D eigenvalue weighted by Gasteiger charge is 2.32. The molecule has 0 atom stereocenters. The predicted molar refractivity (Wildman–Crippen MR) is 61.2 cm³/mol. The Morgan fingerprint density at radius 3 is 2.27 bits per heavy atom. The number of hydrogen-bond donors (Lipinski definition) is 1. The second kappa shape index (κ2) is 5.14. The molecular formula is C10H13Cl2NO2. The van der Waals surface area contributed by atoms with Crippen molar-refractivity contribution >= 4 is 23.2 Å². The maximum absolute atomic E-state index is 6.05. The summed E-state index contributed by atoms with van der Waals surface area (Å²) in [7, 11) is 3.03. The molecule has 0 saturated carbocycles. The lowest BCUT2D eigenvalue weighted by atomic mass is 10.1. The lowest BCUT2D eigenvalue weighted by Crippen LogP contribution is -2.39. The van der Waals surface area contributed by atoms with Crippen molar-refractivity contribution in [3.63, 3.8) is 0 Å². The zero-order valence-corrected chi connectivity index (χ0v) is 10.1. The molecule has 1 aromatic carbocycles. The van der Waals surface area contributed by atoms with E-state index in [1.807, 2.05) is 0 Å². The van der Waals surface area contributed by atoms with Gasteiger partial charge in [-0.3, -0.25) is 0 Å². The van der Waals surface area contributed by atoms with Gasteiger partial charge < -0.3 is 15.2 Å². The molecule has 84 valence electrons. The van der Waals surface area contributed by atoms with E-state index >= 15 is 0 Å². The van der Waals surface area contributed by atoms with Crippen LogP contribution in [-0.2, 0) is 15.3 Å². The Bertz CT molecular complexity index is 332. The van der Waals surface area contributed by atoms with Crippen molar-refractivity contribution in [1.29, 1.82) is 0 Å². The highest BCUT2D eigenvalue weighted by atomic mass is 35.5. The van der Waals surface area contributed by atoms with Crippen molar-refractivity contribution in [2.24, 2.45) is 5.73 Å². The van der Waals surface area contributed by atoms with Gasteiger partial charge in [-0.25, -0.2) is 0 Å². The van der Waals surface area contributed by atoms with E-state index in [1.165, 1.54) is 14.2 Å². The van der Waals surface area contributed by atoms with Gasteiger partial charge in [0.05, 0.1) is 11.6 Å². The number of halogens is 2. The van der Waals surface area contributed by atoms with E-state index in [0.717, 1.165) is 0 Å². The average Bonchev–Trinajstić information content (AvgIpc) is 2.23. The van der Waals surface area contributed by atoms with Crippen molar-refractivity contribution in [2.45, 2.75) is 5.79 Å². The van der Waals surface area contributed by atoms with Crippen molar-refractivity contribution in [1.82, 2.24) is 0 Å². The van der Waals surface area contributed by atoms with E-state index in [0.29, 0.717) is 15.6 Å². The highest BCUT2D eigenvalue weighted by Crippen LogP contribution is 2.32. The van der Waals surface area contributed by atoms with E-state index in [4.69, 9.17) is 38.4 Å². The maximum Gasteiger partial charge on any atom is 0.208 e. The van der Waals surface area contributed by atoms with Crippen LogP contribution in [0.3, 0.4) is 0 Å². The molecule has 0 heterocycles. The van der Waals surface area contributed by atoms with E-state index in [1.54, 1.807) is 18.2 Å². The Balaban J connectivity index is 3.22. The van der Waals surface area contributed by atoms with E-state index in [9.17, 15) is 0 Å². The van der Waals surface area contributed by atoms with Crippen LogP contribution < -0.4 is 5.73 Å². The zero-order valence-electron chi connectivity index (χ0n) is 8.59. The molecule has 0 fully saturated rings. The van der Waals surface area contributed by atoms with Crippen molar-refractivity contribution in [3.8, 4) is 0 Å². The monoisotopic (exact) mass is 249 g/mol. The first-order valence-corrected chi connectivity index (χ1v) is 5.11. The maximum atomic E-state index is 6.05. The first kappa shape index (κ1) is 12.7. The third-order valence-corrected chi connectivity index (χ3v) is 2.82. The summed E-state index contributed by atoms with van der Waals surface area (Å²) in [4.78, 5) is 0. The van der Waals surface area contributed by atoms with Crippen molar-refractivity contribution in [3.05, 3.63) is 33.8 Å². The minimum absolute atomic E-state index is 0.168. The van der Waals surface area contributed by atoms with E-state index in [-0.39, 0.29) is 6.54 Å². The number of methoxy groups -OCH3 is 2. The number of rotatable bonds is 4. The smallest absolute Gasteiger partial charge is 0.208 e. The average molecular weight is 250 g/mol. The predicted octanol–water partition coefficient (Wildman–Crippen LogP) is 2.40. The fourth-order valence-corrected chi connectivity index (χ4v) is 1.93. The molecular weight excluding hydrogens is 237 g/mol. The first-order valence-electron chi connectivity index (χ1n) is 4.35. The summed E-state index contributed by atoms with van der Waals surface area (Å²) >= 11 is 11.8. The summed E-state index contributed by atoms with van der Waals surface area (Å²) in [6, 6.07) is 5.08. The second-order valence-corrected chi connectivity index (χ2v) is 3.83.